The number of carbonyl (C=O) groups is 2. The molecule has 2 atom stereocenters. The van der Waals surface area contributed by atoms with Gasteiger partial charge in [-0.05, 0) is 18.1 Å². The highest BCUT2D eigenvalue weighted by Crippen LogP contribution is 2.37. The van der Waals surface area contributed by atoms with Gasteiger partial charge in [-0.1, -0.05) is 24.8 Å². The molecule has 1 aliphatic heterocycles. The molecule has 1 aromatic carbocycles. The number of aromatic nitrogens is 2. The average molecular weight is 456 g/mol. The van der Waals surface area contributed by atoms with Gasteiger partial charge in [0.2, 0.25) is 0 Å². The van der Waals surface area contributed by atoms with Gasteiger partial charge >= 0.3 is 6.09 Å². The lowest BCUT2D eigenvalue weighted by atomic mass is 9.83. The highest BCUT2D eigenvalue weighted by atomic mass is 19.1. The molecule has 0 aliphatic carbocycles. The maximum absolute atomic E-state index is 15.7. The summed E-state index contributed by atoms with van der Waals surface area (Å²) < 4.78 is 21.4. The minimum absolute atomic E-state index is 0.00280. The van der Waals surface area contributed by atoms with Crippen LogP contribution >= 0.6 is 0 Å². The molecule has 33 heavy (non-hydrogen) atoms. The van der Waals surface area contributed by atoms with E-state index in [2.05, 4.69) is 21.7 Å². The van der Waals surface area contributed by atoms with Crippen LogP contribution in [-0.4, -0.2) is 58.2 Å². The maximum atomic E-state index is 15.7. The van der Waals surface area contributed by atoms with Crippen molar-refractivity contribution in [3.63, 3.8) is 0 Å². The van der Waals surface area contributed by atoms with Crippen LogP contribution in [-0.2, 0) is 16.8 Å². The number of rotatable bonds is 7. The molecule has 11 heteroatoms. The number of nitriles is 1. The number of piperidine rings is 1. The summed E-state index contributed by atoms with van der Waals surface area (Å²) in [5.41, 5.74) is 5.33. The van der Waals surface area contributed by atoms with Crippen LogP contribution in [0.3, 0.4) is 0 Å². The Balaban J connectivity index is 1.85. The van der Waals surface area contributed by atoms with Crippen LogP contribution in [0.4, 0.5) is 15.0 Å². The lowest BCUT2D eigenvalue weighted by Gasteiger charge is -2.43. The summed E-state index contributed by atoms with van der Waals surface area (Å²) in [4.78, 5) is 25.3. The largest absolute Gasteiger partial charge is 0.507 e. The third-order valence-electron chi connectivity index (χ3n) is 5.81. The Morgan fingerprint density at radius 2 is 2.30 bits per heavy atom. The summed E-state index contributed by atoms with van der Waals surface area (Å²) in [6, 6.07) is 7.19. The Morgan fingerprint density at radius 3 is 2.88 bits per heavy atom. The van der Waals surface area contributed by atoms with E-state index in [-0.39, 0.29) is 36.5 Å². The van der Waals surface area contributed by atoms with E-state index in [1.54, 1.807) is 18.2 Å². The predicted octanol–water partition coefficient (Wildman–Crippen LogP) is 2.36. The second kappa shape index (κ2) is 9.70. The van der Waals surface area contributed by atoms with Crippen LogP contribution in [0.15, 0.2) is 31.0 Å². The van der Waals surface area contributed by atoms with Crippen LogP contribution in [0.2, 0.25) is 0 Å². The van der Waals surface area contributed by atoms with Gasteiger partial charge in [0, 0.05) is 31.4 Å². The molecule has 10 nitrogen and oxygen atoms in total. The number of carbonyl (C=O) groups excluding carboxylic acids is 2. The van der Waals surface area contributed by atoms with Gasteiger partial charge in [0.1, 0.15) is 23.0 Å². The zero-order valence-corrected chi connectivity index (χ0v) is 18.1. The monoisotopic (exact) mass is 456 g/mol. The summed E-state index contributed by atoms with van der Waals surface area (Å²) in [5.74, 6) is -0.939. The van der Waals surface area contributed by atoms with Crippen molar-refractivity contribution in [3.05, 3.63) is 47.7 Å². The Labute approximate surface area is 190 Å². The van der Waals surface area contributed by atoms with Crippen LogP contribution in [0.25, 0.3) is 6.08 Å². The van der Waals surface area contributed by atoms with Crippen molar-refractivity contribution in [3.8, 4) is 11.8 Å². The van der Waals surface area contributed by atoms with Crippen molar-refractivity contribution < 1.29 is 23.8 Å². The van der Waals surface area contributed by atoms with E-state index in [0.717, 1.165) is 12.7 Å². The van der Waals surface area contributed by atoms with E-state index in [9.17, 15) is 20.0 Å². The van der Waals surface area contributed by atoms with Gasteiger partial charge in [0.15, 0.2) is 5.82 Å². The second-order valence-corrected chi connectivity index (χ2v) is 7.81. The lowest BCUT2D eigenvalue weighted by molar-refractivity contribution is 0.00692. The quantitative estimate of drug-likeness (QED) is 0.579. The highest BCUT2D eigenvalue weighted by molar-refractivity contribution is 6.00. The Morgan fingerprint density at radius 1 is 1.55 bits per heavy atom. The van der Waals surface area contributed by atoms with Gasteiger partial charge in [-0.2, -0.15) is 10.4 Å². The molecule has 0 bridgehead atoms. The molecule has 174 valence electrons. The van der Waals surface area contributed by atoms with Gasteiger partial charge in [-0.15, -0.1) is 0 Å². The molecule has 1 fully saturated rings. The summed E-state index contributed by atoms with van der Waals surface area (Å²) in [6.07, 6.45) is 0.429. The fraction of sp³-hybridized carbons (Fsp3) is 0.364. The summed E-state index contributed by atoms with van der Waals surface area (Å²) in [5, 5.41) is 25.9. The smallest absolute Gasteiger partial charge is 0.412 e. The van der Waals surface area contributed by atoms with Crippen LogP contribution in [0.5, 0.6) is 5.75 Å². The zero-order valence-electron chi connectivity index (χ0n) is 18.1. The second-order valence-electron chi connectivity index (χ2n) is 7.81. The van der Waals surface area contributed by atoms with Crippen LogP contribution in [0, 0.1) is 11.3 Å². The van der Waals surface area contributed by atoms with Crippen LogP contribution in [0.1, 0.15) is 34.3 Å². The van der Waals surface area contributed by atoms with Gasteiger partial charge in [-0.25, -0.2) is 9.18 Å². The fourth-order valence-corrected chi connectivity index (χ4v) is 3.96. The molecule has 3 rings (SSSR count). The first-order valence-corrected chi connectivity index (χ1v) is 10.2. The first-order valence-electron chi connectivity index (χ1n) is 10.2. The number of aromatic hydroxyl groups is 1. The minimum Gasteiger partial charge on any atom is -0.507 e. The molecule has 0 radical (unpaired) electrons. The molecular weight excluding hydrogens is 431 g/mol. The van der Waals surface area contributed by atoms with Gasteiger partial charge in [-0.3, -0.25) is 19.7 Å². The maximum Gasteiger partial charge on any atom is 0.412 e. The molecule has 2 unspecified atom stereocenters. The van der Waals surface area contributed by atoms with Crippen molar-refractivity contribution >= 4 is 23.9 Å². The number of halogens is 1. The number of ether oxygens (including phenoxy) is 1. The molecule has 2 amide bonds. The van der Waals surface area contributed by atoms with Crippen LogP contribution < -0.4 is 11.1 Å². The number of nitrogens with two attached hydrogens (primary N) is 1. The standard InChI is InChI=1S/C22H25FN6O4/c1-3-15-5-4-14(10-17(15)30)11-28-9-7-22(6-8-24,18(23)13-28)29-12-16(19(25)31)20(27-29)26-21(32)33-2/h3-5,10,12,18,30H,1,6-7,9,11,13H2,2H3,(H2,25,31)(H,26,27,32). The molecule has 0 spiro atoms. The first-order chi connectivity index (χ1) is 15.7. The number of methoxy groups -OCH3 is 1. The molecule has 2 heterocycles. The summed E-state index contributed by atoms with van der Waals surface area (Å²) in [7, 11) is 1.14. The van der Waals surface area contributed by atoms with Crippen molar-refractivity contribution in [1.82, 2.24) is 14.7 Å². The number of primary amides is 1. The third kappa shape index (κ3) is 4.80. The van der Waals surface area contributed by atoms with E-state index in [1.165, 1.54) is 10.9 Å². The molecule has 1 aromatic heterocycles. The van der Waals surface area contributed by atoms with E-state index in [4.69, 9.17) is 5.73 Å². The topological polar surface area (TPSA) is 146 Å². The SMILES string of the molecule is C=Cc1ccc(CN2CCC(CC#N)(n3cc(C(N)=O)c(NC(=O)OC)n3)C(F)C2)cc1O. The number of hydrogen-bond acceptors (Lipinski definition) is 7. The number of benzene rings is 1. The normalized spacial score (nSPS) is 20.6. The average Bonchev–Trinajstić information content (AvgIpc) is 3.20. The van der Waals surface area contributed by atoms with Crippen molar-refractivity contribution in [2.24, 2.45) is 5.73 Å². The fourth-order valence-electron chi connectivity index (χ4n) is 3.96. The minimum atomic E-state index is -1.52. The predicted molar refractivity (Wildman–Crippen MR) is 118 cm³/mol. The van der Waals surface area contributed by atoms with Gasteiger partial charge < -0.3 is 15.6 Å². The number of likely N-dealkylation sites (tertiary alicyclic amines) is 1. The molecule has 4 N–H and O–H groups in total. The highest BCUT2D eigenvalue weighted by Gasteiger charge is 2.46. The van der Waals surface area contributed by atoms with E-state index in [1.807, 2.05) is 17.0 Å². The van der Waals surface area contributed by atoms with Gasteiger partial charge in [0.25, 0.3) is 5.91 Å². The van der Waals surface area contributed by atoms with Crippen molar-refractivity contribution in [1.29, 1.82) is 5.26 Å². The number of anilines is 1. The number of phenols is 1. The number of nitrogens with zero attached hydrogens (tertiary/aromatic N) is 4. The first kappa shape index (κ1) is 23.7. The molecule has 1 saturated heterocycles. The summed E-state index contributed by atoms with van der Waals surface area (Å²) in [6.45, 7) is 4.46. The van der Waals surface area contributed by atoms with Crippen molar-refractivity contribution in [2.75, 3.05) is 25.5 Å². The number of hydrogen-bond donors (Lipinski definition) is 3. The number of nitrogens with one attached hydrogen (secondary N) is 1. The van der Waals surface area contributed by atoms with E-state index in [0.29, 0.717) is 18.7 Å². The summed E-state index contributed by atoms with van der Waals surface area (Å²) >= 11 is 0. The molecule has 1 aliphatic rings. The van der Waals surface area contributed by atoms with E-state index < -0.39 is 23.7 Å². The van der Waals surface area contributed by atoms with Crippen molar-refractivity contribution in [2.45, 2.75) is 31.1 Å². The Bertz CT molecular complexity index is 1110. The molecule has 2 aromatic rings. The number of amides is 2. The zero-order chi connectivity index (χ0) is 24.2. The van der Waals surface area contributed by atoms with Gasteiger partial charge in [0.05, 0.1) is 19.6 Å². The number of phenolic OH excluding ortho intramolecular Hbond substituents is 1. The third-order valence-corrected chi connectivity index (χ3v) is 5.81. The Hall–Kier alpha value is -3.91. The lowest BCUT2D eigenvalue weighted by Crippen LogP contribution is -2.54. The van der Waals surface area contributed by atoms with E-state index >= 15 is 4.39 Å². The number of alkyl halides is 1. The molecular formula is C22H25FN6O4. The molecule has 0 saturated carbocycles. The Kier molecular flexibility index (Phi) is 6.98.